The average molecular weight is 724 g/mol. The van der Waals surface area contributed by atoms with Crippen LogP contribution in [0.5, 0.6) is 11.5 Å². The highest BCUT2D eigenvalue weighted by Gasteiger charge is 2.34. The van der Waals surface area contributed by atoms with Gasteiger partial charge in [0.2, 0.25) is 0 Å². The molecule has 2 aromatic heterocycles. The second kappa shape index (κ2) is 15.0. The first-order valence-corrected chi connectivity index (χ1v) is 18.5. The summed E-state index contributed by atoms with van der Waals surface area (Å²) in [7, 11) is 1.57. The van der Waals surface area contributed by atoms with Gasteiger partial charge in [-0.25, -0.2) is 9.79 Å². The first-order chi connectivity index (χ1) is 25.7. The standard InChI is InChI=1S/C44H41N3O5S/c1-7-51-43(49)39-29(5)45-44-47(41(39)32-20-23-36(52-27(2)3)37(25-32)50-6)42(48)38(53-44)26-33-24-35(30-14-10-8-11-15-30)46(34-21-18-28(4)19-22-34)40(33)31-16-12-9-13-17-31/h8-27,41H,7H2,1-6H3/b38-26+/t41-/m0/s1. The van der Waals surface area contributed by atoms with Crippen LogP contribution in [0.2, 0.25) is 0 Å². The Balaban J connectivity index is 1.49. The number of benzene rings is 4. The molecule has 0 amide bonds. The number of hydrogen-bond donors (Lipinski definition) is 0. The third kappa shape index (κ3) is 6.88. The van der Waals surface area contributed by atoms with E-state index in [4.69, 9.17) is 19.2 Å². The first kappa shape index (κ1) is 35.5. The summed E-state index contributed by atoms with van der Waals surface area (Å²) < 4.78 is 21.6. The van der Waals surface area contributed by atoms with Crippen molar-refractivity contribution in [3.05, 3.63) is 157 Å². The Labute approximate surface area is 312 Å². The first-order valence-electron chi connectivity index (χ1n) is 17.7. The molecule has 8 nitrogen and oxygen atoms in total. The number of carbonyl (C=O) groups excluding carboxylic acids is 1. The number of carbonyl (C=O) groups is 1. The molecule has 268 valence electrons. The topological polar surface area (TPSA) is 84.1 Å². The summed E-state index contributed by atoms with van der Waals surface area (Å²) in [5.74, 6) is 0.538. The molecule has 0 unspecified atom stereocenters. The number of nitrogens with zero attached hydrogens (tertiary/aromatic N) is 3. The van der Waals surface area contributed by atoms with E-state index in [-0.39, 0.29) is 18.3 Å². The molecule has 9 heteroatoms. The number of ether oxygens (including phenoxy) is 3. The summed E-state index contributed by atoms with van der Waals surface area (Å²) in [6.07, 6.45) is 1.87. The largest absolute Gasteiger partial charge is 0.493 e. The van der Waals surface area contributed by atoms with E-state index in [1.165, 1.54) is 11.3 Å². The normalized spacial score (nSPS) is 14.2. The zero-order valence-corrected chi connectivity index (χ0v) is 31.4. The highest BCUT2D eigenvalue weighted by molar-refractivity contribution is 7.07. The number of methoxy groups -OCH3 is 1. The minimum atomic E-state index is -0.805. The molecule has 3 heterocycles. The monoisotopic (exact) mass is 723 g/mol. The van der Waals surface area contributed by atoms with Crippen LogP contribution in [0.3, 0.4) is 0 Å². The Morgan fingerprint density at radius 1 is 0.887 bits per heavy atom. The van der Waals surface area contributed by atoms with E-state index in [2.05, 4.69) is 66.1 Å². The maximum absolute atomic E-state index is 14.8. The van der Waals surface area contributed by atoms with Crippen molar-refractivity contribution in [3.63, 3.8) is 0 Å². The number of thiazole rings is 1. The van der Waals surface area contributed by atoms with Gasteiger partial charge in [-0.3, -0.25) is 9.36 Å². The third-order valence-corrected chi connectivity index (χ3v) is 10.1. The third-order valence-electron chi connectivity index (χ3n) is 9.11. The average Bonchev–Trinajstić information content (AvgIpc) is 3.68. The van der Waals surface area contributed by atoms with Crippen LogP contribution in [0, 0.1) is 6.92 Å². The molecule has 0 radical (unpaired) electrons. The second-order valence-electron chi connectivity index (χ2n) is 13.1. The molecule has 0 N–H and O–H groups in total. The van der Waals surface area contributed by atoms with Crippen LogP contribution in [0.1, 0.15) is 50.4 Å². The molecular weight excluding hydrogens is 683 g/mol. The van der Waals surface area contributed by atoms with Gasteiger partial charge < -0.3 is 18.8 Å². The Bertz CT molecular complexity index is 2510. The zero-order chi connectivity index (χ0) is 37.2. The quantitative estimate of drug-likeness (QED) is 0.134. The molecule has 53 heavy (non-hydrogen) atoms. The molecule has 1 aliphatic rings. The lowest BCUT2D eigenvalue weighted by molar-refractivity contribution is -0.139. The lowest BCUT2D eigenvalue weighted by Crippen LogP contribution is -2.40. The predicted molar refractivity (Wildman–Crippen MR) is 211 cm³/mol. The Kier molecular flexibility index (Phi) is 10.0. The van der Waals surface area contributed by atoms with Gasteiger partial charge >= 0.3 is 5.97 Å². The molecule has 0 saturated carbocycles. The molecule has 4 aromatic carbocycles. The van der Waals surface area contributed by atoms with Gasteiger partial charge in [-0.05, 0) is 87.7 Å². The lowest BCUT2D eigenvalue weighted by atomic mass is 9.95. The molecule has 0 spiro atoms. The predicted octanol–water partition coefficient (Wildman–Crippen LogP) is 8.03. The van der Waals surface area contributed by atoms with Crippen molar-refractivity contribution in [3.8, 4) is 39.7 Å². The molecule has 6 aromatic rings. The maximum Gasteiger partial charge on any atom is 0.338 e. The fourth-order valence-corrected chi connectivity index (χ4v) is 7.81. The number of hydrogen-bond acceptors (Lipinski definition) is 7. The van der Waals surface area contributed by atoms with Gasteiger partial charge in [-0.15, -0.1) is 0 Å². The fraction of sp³-hybridized carbons (Fsp3) is 0.205. The van der Waals surface area contributed by atoms with E-state index in [9.17, 15) is 9.59 Å². The second-order valence-corrected chi connectivity index (χ2v) is 14.1. The molecule has 1 aliphatic heterocycles. The van der Waals surface area contributed by atoms with Crippen LogP contribution in [0.25, 0.3) is 34.3 Å². The number of aromatic nitrogens is 2. The molecular formula is C44H41N3O5S. The van der Waals surface area contributed by atoms with Gasteiger partial charge in [0.05, 0.1) is 53.1 Å². The number of allylic oxidation sites excluding steroid dienone is 1. The van der Waals surface area contributed by atoms with Crippen LogP contribution in [0.4, 0.5) is 0 Å². The summed E-state index contributed by atoms with van der Waals surface area (Å²) in [5.41, 5.74) is 8.21. The van der Waals surface area contributed by atoms with Gasteiger partial charge in [-0.1, -0.05) is 95.8 Å². The highest BCUT2D eigenvalue weighted by Crippen LogP contribution is 2.38. The summed E-state index contributed by atoms with van der Waals surface area (Å²) in [6, 6.07) is 35.8. The maximum atomic E-state index is 14.8. The van der Waals surface area contributed by atoms with Crippen LogP contribution < -0.4 is 24.4 Å². The van der Waals surface area contributed by atoms with E-state index in [1.807, 2.05) is 74.5 Å². The zero-order valence-electron chi connectivity index (χ0n) is 30.6. The minimum absolute atomic E-state index is 0.0753. The summed E-state index contributed by atoms with van der Waals surface area (Å²) in [6.45, 7) is 9.68. The number of aryl methyl sites for hydroxylation is 1. The van der Waals surface area contributed by atoms with Crippen LogP contribution in [-0.2, 0) is 9.53 Å². The van der Waals surface area contributed by atoms with E-state index < -0.39 is 12.0 Å². The SMILES string of the molecule is CCOC(=O)C1=C(C)N=c2s/c(=C/c3cc(-c4ccccc4)n(-c4ccc(C)cc4)c3-c3ccccc3)c(=O)n2[C@H]1c1ccc(OC(C)C)c(OC)c1. The van der Waals surface area contributed by atoms with E-state index in [0.29, 0.717) is 37.7 Å². The molecule has 0 fully saturated rings. The number of esters is 1. The summed E-state index contributed by atoms with van der Waals surface area (Å²) >= 11 is 1.30. The van der Waals surface area contributed by atoms with E-state index in [0.717, 1.165) is 39.3 Å². The van der Waals surface area contributed by atoms with Crippen molar-refractivity contribution in [2.75, 3.05) is 13.7 Å². The van der Waals surface area contributed by atoms with Gasteiger partial charge in [0.1, 0.15) is 0 Å². The van der Waals surface area contributed by atoms with Crippen molar-refractivity contribution < 1.29 is 19.0 Å². The molecule has 0 aliphatic carbocycles. The van der Waals surface area contributed by atoms with Crippen molar-refractivity contribution in [1.29, 1.82) is 0 Å². The summed E-state index contributed by atoms with van der Waals surface area (Å²) in [5, 5.41) is 0. The number of rotatable bonds is 10. The fourth-order valence-electron chi connectivity index (χ4n) is 6.77. The van der Waals surface area contributed by atoms with Gasteiger partial charge in [0.15, 0.2) is 16.3 Å². The van der Waals surface area contributed by atoms with Crippen molar-refractivity contribution >= 4 is 23.4 Å². The molecule has 1 atom stereocenters. The van der Waals surface area contributed by atoms with Crippen LogP contribution >= 0.6 is 11.3 Å². The van der Waals surface area contributed by atoms with Crippen molar-refractivity contribution in [2.45, 2.75) is 46.8 Å². The molecule has 7 rings (SSSR count). The Hall–Kier alpha value is -5.93. The molecule has 0 bridgehead atoms. The summed E-state index contributed by atoms with van der Waals surface area (Å²) in [4.78, 5) is 33.7. The van der Waals surface area contributed by atoms with Gasteiger partial charge in [0, 0.05) is 11.3 Å². The smallest absolute Gasteiger partial charge is 0.338 e. The van der Waals surface area contributed by atoms with Crippen molar-refractivity contribution in [1.82, 2.24) is 9.13 Å². The Morgan fingerprint density at radius 2 is 1.57 bits per heavy atom. The minimum Gasteiger partial charge on any atom is -0.493 e. The van der Waals surface area contributed by atoms with Crippen LogP contribution in [-0.4, -0.2) is 34.9 Å². The highest BCUT2D eigenvalue weighted by atomic mass is 32.1. The molecule has 0 saturated heterocycles. The van der Waals surface area contributed by atoms with E-state index >= 15 is 0 Å². The number of fused-ring (bicyclic) bond motifs is 1. The van der Waals surface area contributed by atoms with E-state index in [1.54, 1.807) is 25.5 Å². The lowest BCUT2D eigenvalue weighted by Gasteiger charge is -2.25. The van der Waals surface area contributed by atoms with Crippen LogP contribution in [0.15, 0.2) is 130 Å². The Morgan fingerprint density at radius 3 is 2.21 bits per heavy atom. The van der Waals surface area contributed by atoms with Gasteiger partial charge in [0.25, 0.3) is 5.56 Å². The van der Waals surface area contributed by atoms with Crippen molar-refractivity contribution in [2.24, 2.45) is 4.99 Å². The van der Waals surface area contributed by atoms with Gasteiger partial charge in [-0.2, -0.15) is 0 Å².